The zero-order chi connectivity index (χ0) is 15.6. The van der Waals surface area contributed by atoms with E-state index in [0.29, 0.717) is 19.1 Å². The summed E-state index contributed by atoms with van der Waals surface area (Å²) >= 11 is 0. The number of fused-ring (bicyclic) bond motifs is 1. The van der Waals surface area contributed by atoms with Crippen LogP contribution in [0.1, 0.15) is 41.3 Å². The largest absolute Gasteiger partial charge is 0.326 e. The van der Waals surface area contributed by atoms with Crippen molar-refractivity contribution in [3.8, 4) is 0 Å². The van der Waals surface area contributed by atoms with Crippen molar-refractivity contribution in [3.63, 3.8) is 0 Å². The number of rotatable bonds is 4. The molecule has 0 bridgehead atoms. The van der Waals surface area contributed by atoms with Gasteiger partial charge in [0.2, 0.25) is 0 Å². The Hall–Kier alpha value is -2.47. The molecule has 3 aromatic rings. The van der Waals surface area contributed by atoms with E-state index < -0.39 is 0 Å². The summed E-state index contributed by atoms with van der Waals surface area (Å²) in [5.41, 5.74) is 10.4. The van der Waals surface area contributed by atoms with Crippen LogP contribution in [-0.4, -0.2) is 24.8 Å². The van der Waals surface area contributed by atoms with Gasteiger partial charge in [0.05, 0.1) is 25.0 Å². The molecule has 2 heterocycles. The summed E-state index contributed by atoms with van der Waals surface area (Å²) in [6, 6.07) is 8.94. The van der Waals surface area contributed by atoms with Crippen LogP contribution < -0.4 is 5.73 Å². The smallest absolute Gasteiger partial charge is 0.104 e. The molecule has 2 aromatic heterocycles. The van der Waals surface area contributed by atoms with Crippen molar-refractivity contribution in [1.82, 2.24) is 24.8 Å². The van der Waals surface area contributed by atoms with Crippen molar-refractivity contribution < 1.29 is 0 Å². The maximum absolute atomic E-state index is 5.62. The number of nitrogens with zero attached hydrogens (tertiary/aromatic N) is 5. The van der Waals surface area contributed by atoms with Crippen molar-refractivity contribution in [2.24, 2.45) is 5.73 Å². The third-order valence-corrected chi connectivity index (χ3v) is 4.46. The lowest BCUT2D eigenvalue weighted by Crippen LogP contribution is -2.17. The lowest BCUT2D eigenvalue weighted by atomic mass is 9.88. The first-order valence-electron chi connectivity index (χ1n) is 8.03. The van der Waals surface area contributed by atoms with Gasteiger partial charge in [0.15, 0.2) is 0 Å². The third kappa shape index (κ3) is 2.77. The molecule has 0 saturated heterocycles. The van der Waals surface area contributed by atoms with E-state index in [9.17, 15) is 0 Å². The molecule has 118 valence electrons. The Kier molecular flexibility index (Phi) is 3.67. The number of nitrogens with two attached hydrogens (primary N) is 1. The van der Waals surface area contributed by atoms with Gasteiger partial charge in [0.25, 0.3) is 0 Å². The SMILES string of the molecule is NCc1cnn(Cc2cn(C3CCCc4ccccc43)nn2)c1. The number of benzene rings is 1. The zero-order valence-corrected chi connectivity index (χ0v) is 13.0. The van der Waals surface area contributed by atoms with Gasteiger partial charge in [-0.1, -0.05) is 29.5 Å². The predicted octanol–water partition coefficient (Wildman–Crippen LogP) is 1.91. The van der Waals surface area contributed by atoms with Crippen LogP contribution in [0.4, 0.5) is 0 Å². The Balaban J connectivity index is 1.56. The highest BCUT2D eigenvalue weighted by Crippen LogP contribution is 2.32. The lowest BCUT2D eigenvalue weighted by Gasteiger charge is -2.25. The molecule has 0 spiro atoms. The van der Waals surface area contributed by atoms with Gasteiger partial charge in [0, 0.05) is 18.3 Å². The molecule has 0 amide bonds. The summed E-state index contributed by atoms with van der Waals surface area (Å²) in [7, 11) is 0. The van der Waals surface area contributed by atoms with Crippen LogP contribution in [0.5, 0.6) is 0 Å². The second kappa shape index (κ2) is 5.96. The van der Waals surface area contributed by atoms with E-state index >= 15 is 0 Å². The van der Waals surface area contributed by atoms with Crippen LogP contribution in [0.25, 0.3) is 0 Å². The van der Waals surface area contributed by atoms with Crippen molar-refractivity contribution in [3.05, 3.63) is 65.2 Å². The summed E-state index contributed by atoms with van der Waals surface area (Å²) in [6.07, 6.45) is 9.24. The van der Waals surface area contributed by atoms with E-state index in [4.69, 9.17) is 5.73 Å². The second-order valence-electron chi connectivity index (χ2n) is 6.05. The lowest BCUT2D eigenvalue weighted by molar-refractivity contribution is 0.440. The molecular weight excluding hydrogens is 288 g/mol. The Bertz CT molecular complexity index is 803. The van der Waals surface area contributed by atoms with Gasteiger partial charge >= 0.3 is 0 Å². The minimum absolute atomic E-state index is 0.290. The van der Waals surface area contributed by atoms with E-state index in [0.717, 1.165) is 24.1 Å². The van der Waals surface area contributed by atoms with Crippen molar-refractivity contribution in [1.29, 1.82) is 0 Å². The summed E-state index contributed by atoms with van der Waals surface area (Å²) in [6.45, 7) is 1.12. The first kappa shape index (κ1) is 14.1. The highest BCUT2D eigenvalue weighted by molar-refractivity contribution is 5.32. The van der Waals surface area contributed by atoms with E-state index in [1.807, 2.05) is 21.8 Å². The van der Waals surface area contributed by atoms with Crippen LogP contribution in [-0.2, 0) is 19.5 Å². The Morgan fingerprint density at radius 2 is 2.13 bits per heavy atom. The minimum atomic E-state index is 0.290. The van der Waals surface area contributed by atoms with Crippen molar-refractivity contribution in [2.75, 3.05) is 0 Å². The second-order valence-corrected chi connectivity index (χ2v) is 6.05. The van der Waals surface area contributed by atoms with Crippen molar-refractivity contribution >= 4 is 0 Å². The maximum atomic E-state index is 5.62. The minimum Gasteiger partial charge on any atom is -0.326 e. The van der Waals surface area contributed by atoms with Crippen molar-refractivity contribution in [2.45, 2.75) is 38.4 Å². The molecule has 0 fully saturated rings. The van der Waals surface area contributed by atoms with Gasteiger partial charge in [-0.15, -0.1) is 5.10 Å². The first-order valence-corrected chi connectivity index (χ1v) is 8.03. The topological polar surface area (TPSA) is 74.5 Å². The molecule has 2 N–H and O–H groups in total. The van der Waals surface area contributed by atoms with E-state index in [1.54, 1.807) is 6.20 Å². The number of aryl methyl sites for hydroxylation is 1. The molecule has 6 heteroatoms. The molecule has 1 aliphatic carbocycles. The molecule has 0 saturated carbocycles. The standard InChI is InChI=1S/C17H20N6/c18-8-13-9-19-22(10-13)11-15-12-23(21-20-15)17-7-3-5-14-4-1-2-6-16(14)17/h1-2,4,6,9-10,12,17H,3,5,7-8,11,18H2. The Morgan fingerprint density at radius 1 is 1.22 bits per heavy atom. The fourth-order valence-electron chi connectivity index (χ4n) is 3.31. The number of hydrogen-bond acceptors (Lipinski definition) is 4. The molecule has 1 aliphatic rings. The van der Waals surface area contributed by atoms with Gasteiger partial charge < -0.3 is 5.73 Å². The molecule has 0 radical (unpaired) electrons. The van der Waals surface area contributed by atoms with Crippen LogP contribution in [0.3, 0.4) is 0 Å². The molecule has 6 nitrogen and oxygen atoms in total. The average molecular weight is 308 g/mol. The maximum Gasteiger partial charge on any atom is 0.104 e. The van der Waals surface area contributed by atoms with E-state index in [-0.39, 0.29) is 0 Å². The Labute approximate surface area is 134 Å². The fraction of sp³-hybridized carbons (Fsp3) is 0.353. The highest BCUT2D eigenvalue weighted by atomic mass is 15.4. The quantitative estimate of drug-likeness (QED) is 0.799. The van der Waals surface area contributed by atoms with Gasteiger partial charge in [-0.05, 0) is 30.4 Å². The summed E-state index contributed by atoms with van der Waals surface area (Å²) < 4.78 is 3.85. The third-order valence-electron chi connectivity index (χ3n) is 4.46. The predicted molar refractivity (Wildman–Crippen MR) is 86.8 cm³/mol. The van der Waals surface area contributed by atoms with Gasteiger partial charge in [-0.3, -0.25) is 4.68 Å². The monoisotopic (exact) mass is 308 g/mol. The molecule has 1 unspecified atom stereocenters. The summed E-state index contributed by atoms with van der Waals surface area (Å²) in [4.78, 5) is 0. The molecule has 4 rings (SSSR count). The zero-order valence-electron chi connectivity index (χ0n) is 13.0. The summed E-state index contributed by atoms with van der Waals surface area (Å²) in [5, 5.41) is 13.0. The number of hydrogen-bond donors (Lipinski definition) is 1. The number of aromatic nitrogens is 5. The van der Waals surface area contributed by atoms with Gasteiger partial charge in [0.1, 0.15) is 5.69 Å². The first-order chi connectivity index (χ1) is 11.3. The van der Waals surface area contributed by atoms with Crippen LogP contribution in [0.2, 0.25) is 0 Å². The van der Waals surface area contributed by atoms with Crippen LogP contribution in [0.15, 0.2) is 42.9 Å². The molecule has 0 aliphatic heterocycles. The Morgan fingerprint density at radius 3 is 3.00 bits per heavy atom. The van der Waals surface area contributed by atoms with E-state index in [1.165, 1.54) is 17.5 Å². The summed E-state index contributed by atoms with van der Waals surface area (Å²) in [5.74, 6) is 0. The average Bonchev–Trinajstić information content (AvgIpc) is 3.24. The fourth-order valence-corrected chi connectivity index (χ4v) is 3.31. The van der Waals surface area contributed by atoms with Crippen LogP contribution in [0, 0.1) is 0 Å². The molecule has 1 atom stereocenters. The molecule has 23 heavy (non-hydrogen) atoms. The van der Waals surface area contributed by atoms with E-state index in [2.05, 4.69) is 39.7 Å². The highest BCUT2D eigenvalue weighted by Gasteiger charge is 2.22. The molecular formula is C17H20N6. The normalized spacial score (nSPS) is 17.2. The van der Waals surface area contributed by atoms with Gasteiger partial charge in [-0.2, -0.15) is 5.10 Å². The van der Waals surface area contributed by atoms with Gasteiger partial charge in [-0.25, -0.2) is 4.68 Å². The molecule has 1 aromatic carbocycles. The van der Waals surface area contributed by atoms with Crippen LogP contribution >= 0.6 is 0 Å².